The second-order valence-electron chi connectivity index (χ2n) is 2.62. The highest BCUT2D eigenvalue weighted by atomic mass is 14.9. The van der Waals surface area contributed by atoms with Gasteiger partial charge in [-0.2, -0.15) is 0 Å². The number of benzene rings is 1. The molecule has 1 rings (SSSR count). The lowest BCUT2D eigenvalue weighted by atomic mass is 10.2. The van der Waals surface area contributed by atoms with Gasteiger partial charge in [-0.3, -0.25) is 0 Å². The van der Waals surface area contributed by atoms with Crippen molar-refractivity contribution in [2.45, 2.75) is 13.5 Å². The van der Waals surface area contributed by atoms with Crippen molar-refractivity contribution in [3.63, 3.8) is 0 Å². The van der Waals surface area contributed by atoms with E-state index in [0.717, 1.165) is 12.2 Å². The maximum Gasteiger partial charge on any atom is 0.0397 e. The molecule has 0 unspecified atom stereocenters. The summed E-state index contributed by atoms with van der Waals surface area (Å²) in [6.45, 7) is 9.09. The maximum atomic E-state index is 5.50. The summed E-state index contributed by atoms with van der Waals surface area (Å²) >= 11 is 0. The van der Waals surface area contributed by atoms with Crippen molar-refractivity contribution >= 4 is 6.72 Å². The molecule has 0 fully saturated rings. The molecule has 2 heteroatoms. The SMILES string of the molecule is C=C(C)NCc1ccccc1.C=N. The Morgan fingerprint density at radius 1 is 1.31 bits per heavy atom. The second-order valence-corrected chi connectivity index (χ2v) is 2.62. The Bertz CT molecular complexity index is 242. The van der Waals surface area contributed by atoms with E-state index in [9.17, 15) is 0 Å². The third kappa shape index (κ3) is 5.67. The molecule has 0 saturated heterocycles. The lowest BCUT2D eigenvalue weighted by Gasteiger charge is -2.03. The number of hydrogen-bond donors (Lipinski definition) is 2. The van der Waals surface area contributed by atoms with Crippen LogP contribution in [-0.4, -0.2) is 6.72 Å². The van der Waals surface area contributed by atoms with Gasteiger partial charge in [0.05, 0.1) is 0 Å². The molecule has 0 radical (unpaired) electrons. The zero-order chi connectivity index (χ0) is 10.1. The molecule has 0 atom stereocenters. The van der Waals surface area contributed by atoms with E-state index in [0.29, 0.717) is 0 Å². The van der Waals surface area contributed by atoms with Gasteiger partial charge in [-0.15, -0.1) is 0 Å². The normalized spacial score (nSPS) is 8.08. The van der Waals surface area contributed by atoms with Crippen molar-refractivity contribution in [1.29, 1.82) is 5.41 Å². The largest absolute Gasteiger partial charge is 0.385 e. The second kappa shape index (κ2) is 7.10. The average molecular weight is 176 g/mol. The quantitative estimate of drug-likeness (QED) is 0.682. The van der Waals surface area contributed by atoms with Gasteiger partial charge >= 0.3 is 0 Å². The summed E-state index contributed by atoms with van der Waals surface area (Å²) in [4.78, 5) is 0. The fourth-order valence-electron chi connectivity index (χ4n) is 0.849. The first kappa shape index (κ1) is 11.4. The highest BCUT2D eigenvalue weighted by Gasteiger charge is 1.87. The van der Waals surface area contributed by atoms with E-state index in [1.165, 1.54) is 5.56 Å². The fourth-order valence-corrected chi connectivity index (χ4v) is 0.849. The molecule has 0 heterocycles. The van der Waals surface area contributed by atoms with Gasteiger partial charge in [0, 0.05) is 12.2 Å². The lowest BCUT2D eigenvalue weighted by Crippen LogP contribution is -2.08. The molecule has 2 N–H and O–H groups in total. The third-order valence-corrected chi connectivity index (χ3v) is 1.44. The van der Waals surface area contributed by atoms with Crippen LogP contribution in [0.5, 0.6) is 0 Å². The summed E-state index contributed by atoms with van der Waals surface area (Å²) < 4.78 is 0. The van der Waals surface area contributed by atoms with Crippen molar-refractivity contribution in [2.24, 2.45) is 0 Å². The van der Waals surface area contributed by atoms with Gasteiger partial charge < -0.3 is 10.7 Å². The molecular formula is C11H16N2. The first-order valence-electron chi connectivity index (χ1n) is 4.07. The van der Waals surface area contributed by atoms with Crippen LogP contribution < -0.4 is 5.32 Å². The van der Waals surface area contributed by atoms with Crippen LogP contribution in [-0.2, 0) is 6.54 Å². The van der Waals surface area contributed by atoms with E-state index in [1.54, 1.807) is 0 Å². The standard InChI is InChI=1S/C10H13N.CH3N/c1-9(2)11-8-10-6-4-3-5-7-10;1-2/h3-7,11H,1,8H2,2H3;2H,1H2. The summed E-state index contributed by atoms with van der Waals surface area (Å²) in [6.07, 6.45) is 0. The molecule has 13 heavy (non-hydrogen) atoms. The molecule has 1 aromatic carbocycles. The van der Waals surface area contributed by atoms with Gasteiger partial charge in [-0.25, -0.2) is 0 Å². The molecule has 0 aliphatic heterocycles. The molecular weight excluding hydrogens is 160 g/mol. The van der Waals surface area contributed by atoms with Crippen molar-refractivity contribution < 1.29 is 0 Å². The Morgan fingerprint density at radius 2 is 1.85 bits per heavy atom. The molecule has 2 nitrogen and oxygen atoms in total. The molecule has 70 valence electrons. The van der Waals surface area contributed by atoms with E-state index in [2.05, 4.69) is 30.7 Å². The Labute approximate surface area is 79.8 Å². The topological polar surface area (TPSA) is 35.9 Å². The van der Waals surface area contributed by atoms with Crippen molar-refractivity contribution in [3.8, 4) is 0 Å². The van der Waals surface area contributed by atoms with Crippen molar-refractivity contribution in [2.75, 3.05) is 0 Å². The van der Waals surface area contributed by atoms with E-state index in [1.807, 2.05) is 25.1 Å². The van der Waals surface area contributed by atoms with Crippen LogP contribution in [0.3, 0.4) is 0 Å². The molecule has 0 aliphatic carbocycles. The van der Waals surface area contributed by atoms with Crippen molar-refractivity contribution in [3.05, 3.63) is 48.2 Å². The number of nitrogens with one attached hydrogen (secondary N) is 2. The minimum Gasteiger partial charge on any atom is -0.385 e. The predicted octanol–water partition coefficient (Wildman–Crippen LogP) is 2.58. The zero-order valence-electron chi connectivity index (χ0n) is 8.01. The van der Waals surface area contributed by atoms with Crippen LogP contribution in [0.25, 0.3) is 0 Å². The summed E-state index contributed by atoms with van der Waals surface area (Å²) in [5, 5.41) is 8.67. The minimum absolute atomic E-state index is 0.871. The van der Waals surface area contributed by atoms with E-state index in [-0.39, 0.29) is 0 Å². The molecule has 0 bridgehead atoms. The van der Waals surface area contributed by atoms with E-state index < -0.39 is 0 Å². The van der Waals surface area contributed by atoms with Gasteiger partial charge in [0.25, 0.3) is 0 Å². The van der Waals surface area contributed by atoms with Crippen LogP contribution in [0.15, 0.2) is 42.6 Å². The summed E-state index contributed by atoms with van der Waals surface area (Å²) in [5.41, 5.74) is 2.30. The van der Waals surface area contributed by atoms with Crippen LogP contribution in [0, 0.1) is 5.41 Å². The first-order valence-corrected chi connectivity index (χ1v) is 4.07. The minimum atomic E-state index is 0.871. The fraction of sp³-hybridized carbons (Fsp3) is 0.182. The van der Waals surface area contributed by atoms with Gasteiger partial charge in [0.2, 0.25) is 0 Å². The van der Waals surface area contributed by atoms with Crippen LogP contribution >= 0.6 is 0 Å². The zero-order valence-corrected chi connectivity index (χ0v) is 8.01. The van der Waals surface area contributed by atoms with E-state index >= 15 is 0 Å². The van der Waals surface area contributed by atoms with Gasteiger partial charge in [0.15, 0.2) is 0 Å². The maximum absolute atomic E-state index is 5.50. The highest BCUT2D eigenvalue weighted by Crippen LogP contribution is 1.97. The van der Waals surface area contributed by atoms with Crippen LogP contribution in [0.1, 0.15) is 12.5 Å². The Balaban J connectivity index is 0.000000671. The Morgan fingerprint density at radius 3 is 2.31 bits per heavy atom. The Hall–Kier alpha value is -1.57. The molecule has 0 aromatic heterocycles. The highest BCUT2D eigenvalue weighted by molar-refractivity contribution is 5.16. The summed E-state index contributed by atoms with van der Waals surface area (Å²) in [7, 11) is 0. The molecule has 0 saturated carbocycles. The Kier molecular flexibility index (Phi) is 6.24. The van der Waals surface area contributed by atoms with Crippen molar-refractivity contribution in [1.82, 2.24) is 5.32 Å². The number of hydrogen-bond acceptors (Lipinski definition) is 2. The van der Waals surface area contributed by atoms with E-state index in [4.69, 9.17) is 5.41 Å². The van der Waals surface area contributed by atoms with Crippen LogP contribution in [0.4, 0.5) is 0 Å². The van der Waals surface area contributed by atoms with Gasteiger partial charge in [-0.05, 0) is 19.2 Å². The van der Waals surface area contributed by atoms with Gasteiger partial charge in [0.1, 0.15) is 0 Å². The predicted molar refractivity (Wildman–Crippen MR) is 57.9 cm³/mol. The molecule has 0 amide bonds. The molecule has 0 spiro atoms. The average Bonchev–Trinajstić information content (AvgIpc) is 2.19. The number of allylic oxidation sites excluding steroid dienone is 1. The molecule has 0 aliphatic rings. The number of rotatable bonds is 3. The van der Waals surface area contributed by atoms with Crippen LogP contribution in [0.2, 0.25) is 0 Å². The lowest BCUT2D eigenvalue weighted by molar-refractivity contribution is 0.816. The molecule has 1 aromatic rings. The smallest absolute Gasteiger partial charge is 0.0397 e. The van der Waals surface area contributed by atoms with Gasteiger partial charge in [-0.1, -0.05) is 36.9 Å². The summed E-state index contributed by atoms with van der Waals surface area (Å²) in [5.74, 6) is 0. The summed E-state index contributed by atoms with van der Waals surface area (Å²) in [6, 6.07) is 10.3. The third-order valence-electron chi connectivity index (χ3n) is 1.44. The monoisotopic (exact) mass is 176 g/mol. The first-order chi connectivity index (χ1) is 6.29.